The van der Waals surface area contributed by atoms with Crippen LogP contribution in [0.1, 0.15) is 12.5 Å². The van der Waals surface area contributed by atoms with Crippen molar-refractivity contribution in [2.45, 2.75) is 13.8 Å². The second-order valence-corrected chi connectivity index (χ2v) is 2.20. The van der Waals surface area contributed by atoms with E-state index in [1.165, 1.54) is 5.56 Å². The number of rotatable bonds is 2. The number of para-hydroxylation sites is 1. The van der Waals surface area contributed by atoms with Gasteiger partial charge in [0.05, 0.1) is 6.61 Å². The number of ether oxygens (including phenoxy) is 1. The second-order valence-electron chi connectivity index (χ2n) is 2.20. The van der Waals surface area contributed by atoms with Gasteiger partial charge in [0.15, 0.2) is 0 Å². The Kier molecular flexibility index (Phi) is 6.67. The molecule has 0 saturated heterocycles. The lowest BCUT2D eigenvalue weighted by Crippen LogP contribution is -1.92. The van der Waals surface area contributed by atoms with Crippen LogP contribution in [0.15, 0.2) is 24.3 Å². The van der Waals surface area contributed by atoms with E-state index in [4.69, 9.17) is 4.74 Å². The van der Waals surface area contributed by atoms with Gasteiger partial charge in [-0.1, -0.05) is 18.2 Å². The van der Waals surface area contributed by atoms with E-state index in [1.54, 1.807) is 6.26 Å². The summed E-state index contributed by atoms with van der Waals surface area (Å²) in [4.78, 5) is 0. The van der Waals surface area contributed by atoms with Crippen molar-refractivity contribution in [3.63, 3.8) is 0 Å². The van der Waals surface area contributed by atoms with E-state index < -0.39 is 0 Å². The van der Waals surface area contributed by atoms with Crippen molar-refractivity contribution in [3.8, 4) is 5.75 Å². The van der Waals surface area contributed by atoms with Crippen LogP contribution in [-0.4, -0.2) is 12.9 Å². The highest BCUT2D eigenvalue weighted by molar-refractivity contribution is 7.79. The first kappa shape index (κ1) is 11.4. The topological polar surface area (TPSA) is 9.23 Å². The van der Waals surface area contributed by atoms with E-state index >= 15 is 0 Å². The van der Waals surface area contributed by atoms with Crippen LogP contribution in [0.3, 0.4) is 0 Å². The highest BCUT2D eigenvalue weighted by atomic mass is 32.1. The molecule has 0 N–H and O–H groups in total. The average molecular weight is 184 g/mol. The van der Waals surface area contributed by atoms with Crippen molar-refractivity contribution in [2.24, 2.45) is 0 Å². The molecule has 1 rings (SSSR count). The van der Waals surface area contributed by atoms with Gasteiger partial charge in [-0.05, 0) is 31.7 Å². The van der Waals surface area contributed by atoms with Gasteiger partial charge in [0.2, 0.25) is 0 Å². The fourth-order valence-electron chi connectivity index (χ4n) is 0.874. The van der Waals surface area contributed by atoms with Crippen LogP contribution in [0.2, 0.25) is 0 Å². The number of benzene rings is 1. The molecule has 0 aromatic heterocycles. The van der Waals surface area contributed by atoms with Crippen molar-refractivity contribution in [1.82, 2.24) is 0 Å². The molecule has 0 radical (unpaired) electrons. The monoisotopic (exact) mass is 184 g/mol. The third kappa shape index (κ3) is 3.67. The largest absolute Gasteiger partial charge is 0.494 e. The summed E-state index contributed by atoms with van der Waals surface area (Å²) in [5.41, 5.74) is 1.20. The first-order valence-corrected chi connectivity index (χ1v) is 4.87. The van der Waals surface area contributed by atoms with Crippen molar-refractivity contribution in [2.75, 3.05) is 12.9 Å². The molecule has 0 amide bonds. The molecule has 1 nitrogen and oxygen atoms in total. The Balaban J connectivity index is 0.000000561. The summed E-state index contributed by atoms with van der Waals surface area (Å²) in [5.74, 6) is 0.991. The molecule has 0 unspecified atom stereocenters. The average Bonchev–Trinajstić information content (AvgIpc) is 2.13. The number of thiol groups is 1. The van der Waals surface area contributed by atoms with Gasteiger partial charge in [-0.3, -0.25) is 0 Å². The summed E-state index contributed by atoms with van der Waals surface area (Å²) < 4.78 is 5.34. The van der Waals surface area contributed by atoms with Gasteiger partial charge >= 0.3 is 0 Å². The highest BCUT2D eigenvalue weighted by Crippen LogP contribution is 2.15. The third-order valence-electron chi connectivity index (χ3n) is 1.39. The maximum Gasteiger partial charge on any atom is 0.122 e. The van der Waals surface area contributed by atoms with Crippen molar-refractivity contribution >= 4 is 12.6 Å². The molecule has 0 bridgehead atoms. The molecular weight excluding hydrogens is 168 g/mol. The number of hydrogen-bond acceptors (Lipinski definition) is 2. The van der Waals surface area contributed by atoms with Gasteiger partial charge in [-0.2, -0.15) is 12.6 Å². The smallest absolute Gasteiger partial charge is 0.122 e. The Bertz CT molecular complexity index is 211. The first-order valence-electron chi connectivity index (χ1n) is 3.97. The zero-order chi connectivity index (χ0) is 9.40. The molecule has 0 saturated carbocycles. The molecule has 1 aromatic rings. The Morgan fingerprint density at radius 1 is 1.25 bits per heavy atom. The van der Waals surface area contributed by atoms with Gasteiger partial charge in [0, 0.05) is 0 Å². The van der Waals surface area contributed by atoms with E-state index in [-0.39, 0.29) is 0 Å². The zero-order valence-electron chi connectivity index (χ0n) is 7.87. The minimum Gasteiger partial charge on any atom is -0.494 e. The predicted molar refractivity (Wildman–Crippen MR) is 57.3 cm³/mol. The fourth-order valence-corrected chi connectivity index (χ4v) is 0.874. The molecule has 0 heterocycles. The molecule has 0 fully saturated rings. The number of hydrogen-bond donors (Lipinski definition) is 1. The van der Waals surface area contributed by atoms with Gasteiger partial charge < -0.3 is 4.74 Å². The molecule has 68 valence electrons. The van der Waals surface area contributed by atoms with E-state index in [1.807, 2.05) is 38.1 Å². The third-order valence-corrected chi connectivity index (χ3v) is 1.39. The van der Waals surface area contributed by atoms with Crippen molar-refractivity contribution < 1.29 is 4.74 Å². The lowest BCUT2D eigenvalue weighted by atomic mass is 10.2. The van der Waals surface area contributed by atoms with E-state index in [0.29, 0.717) is 0 Å². The molecule has 0 spiro atoms. The van der Waals surface area contributed by atoms with Crippen molar-refractivity contribution in [3.05, 3.63) is 29.8 Å². The van der Waals surface area contributed by atoms with Crippen LogP contribution < -0.4 is 4.74 Å². The van der Waals surface area contributed by atoms with Crippen LogP contribution in [0.25, 0.3) is 0 Å². The molecule has 0 aliphatic heterocycles. The predicted octanol–water partition coefficient (Wildman–Crippen LogP) is 2.94. The van der Waals surface area contributed by atoms with Crippen LogP contribution in [0.4, 0.5) is 0 Å². The molecule has 12 heavy (non-hydrogen) atoms. The second kappa shape index (κ2) is 7.04. The SMILES string of the molecule is CCOc1ccccc1C.CS. The van der Waals surface area contributed by atoms with Crippen LogP contribution in [0, 0.1) is 6.92 Å². The van der Waals surface area contributed by atoms with Crippen molar-refractivity contribution in [1.29, 1.82) is 0 Å². The molecule has 0 aliphatic rings. The Hall–Kier alpha value is -0.630. The fraction of sp³-hybridized carbons (Fsp3) is 0.400. The lowest BCUT2D eigenvalue weighted by molar-refractivity contribution is 0.338. The standard InChI is InChI=1S/C9H12O.CH4S/c1-3-10-9-7-5-4-6-8(9)2;1-2/h4-7H,3H2,1-2H3;2H,1H3. The number of aryl methyl sites for hydroxylation is 1. The first-order chi connectivity index (χ1) is 5.84. The minimum atomic E-state index is 0.741. The minimum absolute atomic E-state index is 0.741. The zero-order valence-corrected chi connectivity index (χ0v) is 8.77. The summed E-state index contributed by atoms with van der Waals surface area (Å²) in [7, 11) is 0. The maximum atomic E-state index is 5.34. The highest BCUT2D eigenvalue weighted by Gasteiger charge is 1.93. The Morgan fingerprint density at radius 3 is 2.33 bits per heavy atom. The van der Waals surface area contributed by atoms with Gasteiger partial charge in [-0.15, -0.1) is 0 Å². The van der Waals surface area contributed by atoms with E-state index in [2.05, 4.69) is 12.6 Å². The summed E-state index contributed by atoms with van der Waals surface area (Å²) in [6, 6.07) is 8.03. The van der Waals surface area contributed by atoms with Gasteiger partial charge in [-0.25, -0.2) is 0 Å². The van der Waals surface area contributed by atoms with E-state index in [9.17, 15) is 0 Å². The normalized spacial score (nSPS) is 8.33. The molecule has 2 heteroatoms. The van der Waals surface area contributed by atoms with Crippen LogP contribution in [-0.2, 0) is 0 Å². The Morgan fingerprint density at radius 2 is 1.83 bits per heavy atom. The van der Waals surface area contributed by atoms with E-state index in [0.717, 1.165) is 12.4 Å². The molecule has 1 aromatic carbocycles. The summed E-state index contributed by atoms with van der Waals surface area (Å²) in [6.45, 7) is 4.78. The van der Waals surface area contributed by atoms with Gasteiger partial charge in [0.25, 0.3) is 0 Å². The quantitative estimate of drug-likeness (QED) is 0.695. The Labute approximate surface area is 80.2 Å². The lowest BCUT2D eigenvalue weighted by Gasteiger charge is -2.04. The molecular formula is C10H16OS. The molecule has 0 aliphatic carbocycles. The summed E-state index contributed by atoms with van der Waals surface area (Å²) >= 11 is 3.53. The summed E-state index contributed by atoms with van der Waals surface area (Å²) in [6.07, 6.45) is 1.69. The van der Waals surface area contributed by atoms with Crippen LogP contribution >= 0.6 is 12.6 Å². The van der Waals surface area contributed by atoms with Crippen LogP contribution in [0.5, 0.6) is 5.75 Å². The maximum absolute atomic E-state index is 5.34. The molecule has 0 atom stereocenters. The summed E-state index contributed by atoms with van der Waals surface area (Å²) in [5, 5.41) is 0. The van der Waals surface area contributed by atoms with Gasteiger partial charge in [0.1, 0.15) is 5.75 Å².